The van der Waals surface area contributed by atoms with Gasteiger partial charge in [-0.25, -0.2) is 8.78 Å². The van der Waals surface area contributed by atoms with Crippen molar-refractivity contribution >= 4 is 33.6 Å². The Labute approximate surface area is 146 Å². The number of hydrogen-bond acceptors (Lipinski definition) is 5. The van der Waals surface area contributed by atoms with Crippen LogP contribution in [0.25, 0.3) is 21.7 Å². The first-order valence-electron chi connectivity index (χ1n) is 8.09. The molecule has 1 saturated heterocycles. The second-order valence-electron chi connectivity index (χ2n) is 6.10. The average Bonchev–Trinajstić information content (AvgIpc) is 3.04. The number of hydrogen-bond donors (Lipinski definition) is 1. The van der Waals surface area contributed by atoms with Gasteiger partial charge in [-0.05, 0) is 41.5 Å². The van der Waals surface area contributed by atoms with E-state index in [2.05, 4.69) is 10.5 Å². The van der Waals surface area contributed by atoms with Crippen LogP contribution in [0, 0.1) is 0 Å². The molecular weight excluding hydrogens is 346 g/mol. The lowest BCUT2D eigenvalue weighted by Gasteiger charge is -2.19. The van der Waals surface area contributed by atoms with Crippen molar-refractivity contribution in [3.05, 3.63) is 36.0 Å². The van der Waals surface area contributed by atoms with Gasteiger partial charge in [0.15, 0.2) is 5.58 Å². The number of halogens is 2. The fraction of sp³-hybridized carbons (Fsp3) is 0.278. The van der Waals surface area contributed by atoms with Gasteiger partial charge in [0, 0.05) is 6.42 Å². The number of carbonyl (C=O) groups is 2. The summed E-state index contributed by atoms with van der Waals surface area (Å²) in [5.74, 6) is -0.944. The molecule has 4 rings (SSSR count). The minimum atomic E-state index is -2.55. The maximum atomic E-state index is 12.3. The highest BCUT2D eigenvalue weighted by atomic mass is 19.3. The second kappa shape index (κ2) is 6.36. The van der Waals surface area contributed by atoms with Crippen molar-refractivity contribution in [3.8, 4) is 5.75 Å². The summed E-state index contributed by atoms with van der Waals surface area (Å²) in [7, 11) is 0. The van der Waals surface area contributed by atoms with Crippen LogP contribution in [-0.2, 0) is 9.59 Å². The Hall–Kier alpha value is -3.03. The highest BCUT2D eigenvalue weighted by Crippen LogP contribution is 2.36. The van der Waals surface area contributed by atoms with Gasteiger partial charge < -0.3 is 9.26 Å². The predicted octanol–water partition coefficient (Wildman–Crippen LogP) is 3.15. The van der Waals surface area contributed by atoms with Crippen LogP contribution in [0.15, 0.2) is 34.9 Å². The average molecular weight is 360 g/mol. The number of fused-ring (bicyclic) bond motifs is 3. The van der Waals surface area contributed by atoms with Crippen LogP contribution >= 0.6 is 0 Å². The van der Waals surface area contributed by atoms with E-state index in [1.165, 1.54) is 0 Å². The summed E-state index contributed by atoms with van der Waals surface area (Å²) in [6.45, 7) is -0.678. The molecule has 26 heavy (non-hydrogen) atoms. The molecule has 1 N–H and O–H groups in total. The van der Waals surface area contributed by atoms with Crippen molar-refractivity contribution in [1.29, 1.82) is 0 Å². The van der Waals surface area contributed by atoms with Crippen LogP contribution in [-0.4, -0.2) is 30.0 Å². The molecule has 0 saturated carbocycles. The topological polar surface area (TPSA) is 81.4 Å². The molecule has 134 valence electrons. The minimum Gasteiger partial charge on any atom is -0.488 e. The van der Waals surface area contributed by atoms with Crippen LogP contribution in [0.2, 0.25) is 0 Å². The van der Waals surface area contributed by atoms with Crippen molar-refractivity contribution in [3.63, 3.8) is 0 Å². The van der Waals surface area contributed by atoms with E-state index >= 15 is 0 Å². The monoisotopic (exact) mass is 360 g/mol. The van der Waals surface area contributed by atoms with Crippen molar-refractivity contribution in [1.82, 2.24) is 10.5 Å². The number of alkyl halides is 2. The van der Waals surface area contributed by atoms with Crippen LogP contribution in [0.3, 0.4) is 0 Å². The van der Waals surface area contributed by atoms with Gasteiger partial charge in [-0.2, -0.15) is 0 Å². The molecule has 6 nitrogen and oxygen atoms in total. The molecule has 1 atom stereocenters. The Balaban J connectivity index is 1.78. The minimum absolute atomic E-state index is 0.237. The standard InChI is InChI=1S/C18H14F2N2O4/c19-14(20)8-25-10-2-3-11-9(7-10)1-5-13-16(11)17(22-26-13)12-4-6-15(23)21-18(12)24/h1-3,5,7,12,14H,4,6,8H2,(H,21,23,24)/t12-/m0/s1. The van der Waals surface area contributed by atoms with Crippen molar-refractivity contribution in [2.24, 2.45) is 0 Å². The fourth-order valence-corrected chi connectivity index (χ4v) is 3.21. The van der Waals surface area contributed by atoms with Crippen molar-refractivity contribution < 1.29 is 27.6 Å². The Bertz CT molecular complexity index is 1020. The molecule has 1 aliphatic heterocycles. The van der Waals surface area contributed by atoms with E-state index in [9.17, 15) is 18.4 Å². The zero-order chi connectivity index (χ0) is 18.3. The lowest BCUT2D eigenvalue weighted by atomic mass is 9.91. The first-order chi connectivity index (χ1) is 12.5. The van der Waals surface area contributed by atoms with Crippen LogP contribution in [0.5, 0.6) is 5.75 Å². The molecule has 2 amide bonds. The summed E-state index contributed by atoms with van der Waals surface area (Å²) < 4.78 is 35.0. The predicted molar refractivity (Wildman–Crippen MR) is 88.1 cm³/mol. The first kappa shape index (κ1) is 16.4. The molecule has 0 bridgehead atoms. The largest absolute Gasteiger partial charge is 0.488 e. The van der Waals surface area contributed by atoms with Gasteiger partial charge in [-0.3, -0.25) is 14.9 Å². The van der Waals surface area contributed by atoms with Gasteiger partial charge in [0.25, 0.3) is 6.43 Å². The maximum absolute atomic E-state index is 12.3. The number of benzene rings is 2. The van der Waals surface area contributed by atoms with Crippen LogP contribution in [0.4, 0.5) is 8.78 Å². The molecular formula is C18H14F2N2O4. The van der Waals surface area contributed by atoms with Crippen LogP contribution in [0.1, 0.15) is 24.5 Å². The van der Waals surface area contributed by atoms with E-state index in [-0.39, 0.29) is 12.3 Å². The van der Waals surface area contributed by atoms with E-state index in [1.54, 1.807) is 30.3 Å². The van der Waals surface area contributed by atoms with Crippen molar-refractivity contribution in [2.45, 2.75) is 25.2 Å². The lowest BCUT2D eigenvalue weighted by Crippen LogP contribution is -2.39. The van der Waals surface area contributed by atoms with Gasteiger partial charge >= 0.3 is 0 Å². The summed E-state index contributed by atoms with van der Waals surface area (Å²) in [4.78, 5) is 23.5. The molecule has 1 fully saturated rings. The van der Waals surface area contributed by atoms with E-state index in [4.69, 9.17) is 9.26 Å². The molecule has 0 unspecified atom stereocenters. The first-order valence-corrected chi connectivity index (χ1v) is 8.09. The van der Waals surface area contributed by atoms with Gasteiger partial charge in [-0.15, -0.1) is 0 Å². The van der Waals surface area contributed by atoms with E-state index in [0.29, 0.717) is 28.8 Å². The molecule has 0 radical (unpaired) electrons. The normalized spacial score (nSPS) is 17.9. The number of imide groups is 1. The molecule has 2 aromatic carbocycles. The lowest BCUT2D eigenvalue weighted by molar-refractivity contribution is -0.134. The summed E-state index contributed by atoms with van der Waals surface area (Å²) in [5.41, 5.74) is 0.982. The number of ether oxygens (including phenoxy) is 1. The zero-order valence-electron chi connectivity index (χ0n) is 13.5. The highest BCUT2D eigenvalue weighted by molar-refractivity contribution is 6.10. The number of nitrogens with zero attached hydrogens (tertiary/aromatic N) is 1. The zero-order valence-corrected chi connectivity index (χ0v) is 13.5. The molecule has 1 aromatic heterocycles. The Morgan fingerprint density at radius 3 is 2.88 bits per heavy atom. The number of nitrogens with one attached hydrogen (secondary N) is 1. The summed E-state index contributed by atoms with van der Waals surface area (Å²) in [5, 5.41) is 8.57. The molecule has 0 aliphatic carbocycles. The second-order valence-corrected chi connectivity index (χ2v) is 6.10. The SMILES string of the molecule is O=C1CC[C@@H](c2noc3ccc4cc(OCC(F)F)ccc4c23)C(=O)N1. The fourth-order valence-electron chi connectivity index (χ4n) is 3.21. The van der Waals surface area contributed by atoms with Gasteiger partial charge in [0.05, 0.1) is 11.3 Å². The number of carbonyl (C=O) groups excluding carboxylic acids is 2. The molecule has 1 aliphatic rings. The molecule has 0 spiro atoms. The molecule has 2 heterocycles. The number of amides is 2. The smallest absolute Gasteiger partial charge is 0.272 e. The third-order valence-electron chi connectivity index (χ3n) is 4.40. The van der Waals surface area contributed by atoms with Gasteiger partial charge in [-0.1, -0.05) is 11.2 Å². The summed E-state index contributed by atoms with van der Waals surface area (Å²) in [6, 6.07) is 8.44. The van der Waals surface area contributed by atoms with E-state index in [1.807, 2.05) is 0 Å². The molecule has 3 aromatic rings. The van der Waals surface area contributed by atoms with E-state index < -0.39 is 24.9 Å². The molecule has 8 heteroatoms. The van der Waals surface area contributed by atoms with Gasteiger partial charge in [0.2, 0.25) is 11.8 Å². The summed E-state index contributed by atoms with van der Waals surface area (Å²) in [6.07, 6.45) is -1.95. The Morgan fingerprint density at radius 2 is 2.12 bits per heavy atom. The summed E-state index contributed by atoms with van der Waals surface area (Å²) >= 11 is 0. The Morgan fingerprint density at radius 1 is 1.27 bits per heavy atom. The number of rotatable bonds is 4. The third kappa shape index (κ3) is 2.87. The quantitative estimate of drug-likeness (QED) is 0.723. The number of aromatic nitrogens is 1. The third-order valence-corrected chi connectivity index (χ3v) is 4.40. The Kier molecular flexibility index (Phi) is 4.02. The van der Waals surface area contributed by atoms with Crippen LogP contribution < -0.4 is 10.1 Å². The highest BCUT2D eigenvalue weighted by Gasteiger charge is 2.32. The van der Waals surface area contributed by atoms with E-state index in [0.717, 1.165) is 10.8 Å². The van der Waals surface area contributed by atoms with Crippen molar-refractivity contribution in [2.75, 3.05) is 6.61 Å². The van der Waals surface area contributed by atoms with Gasteiger partial charge in [0.1, 0.15) is 18.1 Å². The maximum Gasteiger partial charge on any atom is 0.272 e. The number of piperidine rings is 1.